The van der Waals surface area contributed by atoms with Crippen LogP contribution < -0.4 is 0 Å². The normalized spacial score (nSPS) is 25.0. The number of nitrogens with one attached hydrogen (secondary N) is 1. The summed E-state index contributed by atoms with van der Waals surface area (Å²) < 4.78 is 13.4. The molecule has 2 aliphatic rings. The molecule has 132 valence electrons. The minimum absolute atomic E-state index is 0.0800. The molecule has 2 aromatic rings. The van der Waals surface area contributed by atoms with E-state index in [9.17, 15) is 9.18 Å². The van der Waals surface area contributed by atoms with Crippen LogP contribution >= 0.6 is 11.6 Å². The van der Waals surface area contributed by atoms with Crippen molar-refractivity contribution in [2.24, 2.45) is 17.8 Å². The van der Waals surface area contributed by atoms with Gasteiger partial charge in [0.25, 0.3) is 5.91 Å². The van der Waals surface area contributed by atoms with Crippen molar-refractivity contribution in [2.75, 3.05) is 26.7 Å². The van der Waals surface area contributed by atoms with Crippen LogP contribution in [0.15, 0.2) is 30.7 Å². The minimum atomic E-state index is -0.448. The number of aromatic amines is 1. The van der Waals surface area contributed by atoms with E-state index in [0.717, 1.165) is 18.7 Å². The van der Waals surface area contributed by atoms with Crippen LogP contribution in [-0.4, -0.2) is 52.4 Å². The Morgan fingerprint density at radius 3 is 2.84 bits per heavy atom. The Morgan fingerprint density at radius 1 is 1.44 bits per heavy atom. The van der Waals surface area contributed by atoms with Crippen LogP contribution in [0.25, 0.3) is 0 Å². The first-order chi connectivity index (χ1) is 12.0. The topological polar surface area (TPSA) is 52.2 Å². The maximum Gasteiger partial charge on any atom is 0.272 e. The highest BCUT2D eigenvalue weighted by Crippen LogP contribution is 2.51. The van der Waals surface area contributed by atoms with Crippen LogP contribution in [0.4, 0.5) is 4.39 Å². The van der Waals surface area contributed by atoms with Crippen molar-refractivity contribution >= 4 is 17.5 Å². The lowest BCUT2D eigenvalue weighted by molar-refractivity contribution is 0.0720. The van der Waals surface area contributed by atoms with Gasteiger partial charge in [-0.1, -0.05) is 17.7 Å². The summed E-state index contributed by atoms with van der Waals surface area (Å²) in [5, 5.41) is 0.0800. The van der Waals surface area contributed by atoms with Crippen LogP contribution in [0.1, 0.15) is 16.1 Å². The van der Waals surface area contributed by atoms with E-state index in [2.05, 4.69) is 21.9 Å². The smallest absolute Gasteiger partial charge is 0.272 e. The van der Waals surface area contributed by atoms with E-state index >= 15 is 0 Å². The van der Waals surface area contributed by atoms with Crippen LogP contribution in [0.3, 0.4) is 0 Å². The van der Waals surface area contributed by atoms with Gasteiger partial charge in [0.1, 0.15) is 11.5 Å². The molecular formula is C18H20ClFN4O. The number of rotatable bonds is 5. The third-order valence-electron chi connectivity index (χ3n) is 5.36. The van der Waals surface area contributed by atoms with E-state index in [0.29, 0.717) is 36.5 Å². The van der Waals surface area contributed by atoms with Gasteiger partial charge < -0.3 is 14.8 Å². The molecule has 1 aromatic carbocycles. The second-order valence-corrected chi connectivity index (χ2v) is 7.52. The molecule has 0 bridgehead atoms. The van der Waals surface area contributed by atoms with Crippen molar-refractivity contribution in [3.8, 4) is 0 Å². The first-order valence-corrected chi connectivity index (χ1v) is 8.81. The SMILES string of the molecule is CN1CC2C(C1)C2CN(Cc1ccc(F)c(Cl)c1)C(=O)c1cnc[nH]1. The molecular weight excluding hydrogens is 343 g/mol. The summed E-state index contributed by atoms with van der Waals surface area (Å²) in [6.07, 6.45) is 3.04. The van der Waals surface area contributed by atoms with Crippen molar-refractivity contribution in [3.63, 3.8) is 0 Å². The zero-order valence-corrected chi connectivity index (χ0v) is 14.7. The van der Waals surface area contributed by atoms with E-state index in [1.165, 1.54) is 18.6 Å². The first kappa shape index (κ1) is 16.5. The number of piperidine rings is 1. The van der Waals surface area contributed by atoms with Crippen molar-refractivity contribution in [1.82, 2.24) is 19.8 Å². The zero-order valence-electron chi connectivity index (χ0n) is 14.0. The van der Waals surface area contributed by atoms with Crippen LogP contribution in [0.2, 0.25) is 5.02 Å². The number of imidazole rings is 1. The van der Waals surface area contributed by atoms with Gasteiger partial charge >= 0.3 is 0 Å². The number of carbonyl (C=O) groups is 1. The second kappa shape index (κ2) is 6.42. The number of H-pyrrole nitrogens is 1. The van der Waals surface area contributed by atoms with Crippen molar-refractivity contribution in [2.45, 2.75) is 6.54 Å². The van der Waals surface area contributed by atoms with Gasteiger partial charge in [-0.15, -0.1) is 0 Å². The summed E-state index contributed by atoms with van der Waals surface area (Å²) in [5.74, 6) is 1.37. The van der Waals surface area contributed by atoms with Gasteiger partial charge in [0.2, 0.25) is 0 Å². The van der Waals surface area contributed by atoms with Gasteiger partial charge in [-0.2, -0.15) is 0 Å². The zero-order chi connectivity index (χ0) is 17.6. The standard InChI is InChI=1S/C18H20ClFN4O/c1-23-7-12-13(8-23)14(12)9-24(18(25)17-5-21-10-22-17)6-11-2-3-16(20)15(19)4-11/h2-5,10,12-14H,6-9H2,1H3,(H,21,22). The minimum Gasteiger partial charge on any atom is -0.341 e. The Kier molecular flexibility index (Phi) is 4.25. The summed E-state index contributed by atoms with van der Waals surface area (Å²) in [6, 6.07) is 4.61. The summed E-state index contributed by atoms with van der Waals surface area (Å²) in [4.78, 5) is 23.8. The number of hydrogen-bond donors (Lipinski definition) is 1. The number of fused-ring (bicyclic) bond motifs is 1. The number of carbonyl (C=O) groups excluding carboxylic acids is 1. The first-order valence-electron chi connectivity index (χ1n) is 8.43. The van der Waals surface area contributed by atoms with Crippen molar-refractivity contribution < 1.29 is 9.18 Å². The van der Waals surface area contributed by atoms with Crippen molar-refractivity contribution in [1.29, 1.82) is 0 Å². The molecule has 4 rings (SSSR count). The van der Waals surface area contributed by atoms with Crippen LogP contribution in [0.5, 0.6) is 0 Å². The molecule has 5 nitrogen and oxygen atoms in total. The number of nitrogens with zero attached hydrogens (tertiary/aromatic N) is 3. The lowest BCUT2D eigenvalue weighted by Crippen LogP contribution is -2.34. The highest BCUT2D eigenvalue weighted by molar-refractivity contribution is 6.30. The van der Waals surface area contributed by atoms with Gasteiger partial charge in [0.05, 0.1) is 17.5 Å². The lowest BCUT2D eigenvalue weighted by atomic mass is 10.1. The highest BCUT2D eigenvalue weighted by atomic mass is 35.5. The number of benzene rings is 1. The summed E-state index contributed by atoms with van der Waals surface area (Å²) in [5.41, 5.74) is 1.29. The molecule has 2 atom stereocenters. The molecule has 1 aromatic heterocycles. The van der Waals surface area contributed by atoms with Gasteiger partial charge in [0, 0.05) is 26.2 Å². The molecule has 1 saturated heterocycles. The van der Waals surface area contributed by atoms with Crippen LogP contribution in [-0.2, 0) is 6.54 Å². The van der Waals surface area contributed by atoms with Crippen molar-refractivity contribution in [3.05, 3.63) is 52.8 Å². The molecule has 1 saturated carbocycles. The quantitative estimate of drug-likeness (QED) is 0.889. The fraction of sp³-hybridized carbons (Fsp3) is 0.444. The van der Waals surface area contributed by atoms with Gasteiger partial charge in [0.15, 0.2) is 0 Å². The fourth-order valence-electron chi connectivity index (χ4n) is 4.01. The number of halogens is 2. The molecule has 1 amide bonds. The van der Waals surface area contributed by atoms with Crippen LogP contribution in [0, 0.1) is 23.6 Å². The number of amides is 1. The van der Waals surface area contributed by atoms with Gasteiger partial charge in [-0.25, -0.2) is 9.37 Å². The monoisotopic (exact) mass is 362 g/mol. The summed E-state index contributed by atoms with van der Waals surface area (Å²) in [6.45, 7) is 3.31. The summed E-state index contributed by atoms with van der Waals surface area (Å²) >= 11 is 5.89. The second-order valence-electron chi connectivity index (χ2n) is 7.11. The summed E-state index contributed by atoms with van der Waals surface area (Å²) in [7, 11) is 2.14. The Hall–Kier alpha value is -1.92. The fourth-order valence-corrected chi connectivity index (χ4v) is 4.21. The number of likely N-dealkylation sites (tertiary alicyclic amines) is 1. The maximum absolute atomic E-state index is 13.4. The van der Waals surface area contributed by atoms with E-state index in [1.54, 1.807) is 12.1 Å². The molecule has 25 heavy (non-hydrogen) atoms. The largest absolute Gasteiger partial charge is 0.341 e. The molecule has 7 heteroatoms. The molecule has 2 fully saturated rings. The third kappa shape index (κ3) is 3.28. The lowest BCUT2D eigenvalue weighted by Gasteiger charge is -2.24. The molecule has 2 unspecified atom stereocenters. The predicted octanol–water partition coefficient (Wildman–Crippen LogP) is 2.65. The number of hydrogen-bond acceptors (Lipinski definition) is 3. The molecule has 0 radical (unpaired) electrons. The van der Waals surface area contributed by atoms with E-state index in [4.69, 9.17) is 11.6 Å². The maximum atomic E-state index is 13.4. The van der Waals surface area contributed by atoms with Gasteiger partial charge in [-0.3, -0.25) is 4.79 Å². The molecule has 1 aliphatic heterocycles. The van der Waals surface area contributed by atoms with E-state index < -0.39 is 5.82 Å². The third-order valence-corrected chi connectivity index (χ3v) is 5.65. The Labute approximate surface area is 150 Å². The predicted molar refractivity (Wildman–Crippen MR) is 92.7 cm³/mol. The Bertz CT molecular complexity index is 769. The number of aromatic nitrogens is 2. The molecule has 1 aliphatic carbocycles. The molecule has 2 heterocycles. The highest BCUT2D eigenvalue weighted by Gasteiger charge is 2.55. The van der Waals surface area contributed by atoms with Gasteiger partial charge in [-0.05, 0) is 42.5 Å². The molecule has 1 N–H and O–H groups in total. The average Bonchev–Trinajstić information content (AvgIpc) is 3.02. The average molecular weight is 363 g/mol. The van der Waals surface area contributed by atoms with E-state index in [1.807, 2.05) is 4.90 Å². The van der Waals surface area contributed by atoms with E-state index in [-0.39, 0.29) is 10.9 Å². The Morgan fingerprint density at radius 2 is 2.20 bits per heavy atom. The molecule has 0 spiro atoms. The Balaban J connectivity index is 1.51.